The van der Waals surface area contributed by atoms with E-state index in [0.29, 0.717) is 13.2 Å². The number of aryl methyl sites for hydroxylation is 2. The fourth-order valence-electron chi connectivity index (χ4n) is 2.59. The molecule has 3 rings (SSSR count). The molecule has 1 heterocycles. The molecule has 0 spiro atoms. The van der Waals surface area contributed by atoms with Crippen molar-refractivity contribution in [1.82, 2.24) is 9.55 Å². The Labute approximate surface area is 144 Å². The number of allylic oxidation sites excluding steroid dienone is 1. The molecule has 0 saturated carbocycles. The number of halogens is 1. The highest BCUT2D eigenvalue weighted by molar-refractivity contribution is 9.11. The third-order valence-electron chi connectivity index (χ3n) is 3.76. The number of hydrogen-bond acceptors (Lipinski definition) is 2. The molecule has 0 N–H and O–H groups in total. The van der Waals surface area contributed by atoms with Crippen molar-refractivity contribution in [2.75, 3.05) is 0 Å². The second kappa shape index (κ2) is 6.59. The number of nitrogens with zero attached hydrogens (tertiary/aromatic N) is 2. The number of imidazole rings is 1. The Morgan fingerprint density at radius 2 is 2.00 bits per heavy atom. The van der Waals surface area contributed by atoms with Gasteiger partial charge in [-0.3, -0.25) is 0 Å². The summed E-state index contributed by atoms with van der Waals surface area (Å²) in [5, 5.41) is 0. The molecule has 0 aliphatic heterocycles. The van der Waals surface area contributed by atoms with Crippen LogP contribution in [0, 0.1) is 13.8 Å². The Morgan fingerprint density at radius 3 is 2.78 bits per heavy atom. The van der Waals surface area contributed by atoms with Crippen molar-refractivity contribution in [1.29, 1.82) is 0 Å². The van der Waals surface area contributed by atoms with Crippen LogP contribution in [-0.2, 0) is 13.2 Å². The molecule has 0 aliphatic rings. The van der Waals surface area contributed by atoms with Gasteiger partial charge in [-0.25, -0.2) is 4.98 Å². The van der Waals surface area contributed by atoms with Crippen molar-refractivity contribution in [2.45, 2.75) is 27.0 Å². The van der Waals surface area contributed by atoms with Crippen molar-refractivity contribution in [3.8, 4) is 5.75 Å². The number of ether oxygens (including phenoxy) is 1. The summed E-state index contributed by atoms with van der Waals surface area (Å²) in [6.07, 6.45) is 0. The molecule has 3 aromatic rings. The van der Waals surface area contributed by atoms with E-state index in [1.807, 2.05) is 18.2 Å². The molecule has 0 aliphatic carbocycles. The molecule has 23 heavy (non-hydrogen) atoms. The third-order valence-corrected chi connectivity index (χ3v) is 4.01. The molecule has 2 aromatic carbocycles. The zero-order chi connectivity index (χ0) is 16.4. The standard InChI is InChI=1S/C19H19BrN2O/c1-13-8-9-14(2)18(10-13)23-12-19-21-16-6-4-5-7-17(16)22(19)11-15(3)20/h4-10H,3,11-12H2,1-2H3. The van der Waals surface area contributed by atoms with Gasteiger partial charge in [0.05, 0.1) is 17.6 Å². The van der Waals surface area contributed by atoms with E-state index in [9.17, 15) is 0 Å². The maximum Gasteiger partial charge on any atom is 0.148 e. The monoisotopic (exact) mass is 370 g/mol. The molecule has 0 saturated heterocycles. The van der Waals surface area contributed by atoms with Crippen molar-refractivity contribution in [3.05, 3.63) is 70.5 Å². The summed E-state index contributed by atoms with van der Waals surface area (Å²) < 4.78 is 9.07. The largest absolute Gasteiger partial charge is 0.485 e. The van der Waals surface area contributed by atoms with Gasteiger partial charge in [-0.1, -0.05) is 46.8 Å². The van der Waals surface area contributed by atoms with Gasteiger partial charge in [-0.15, -0.1) is 0 Å². The molecule has 0 radical (unpaired) electrons. The van der Waals surface area contributed by atoms with Crippen LogP contribution >= 0.6 is 15.9 Å². The summed E-state index contributed by atoms with van der Waals surface area (Å²) in [6.45, 7) is 9.17. The van der Waals surface area contributed by atoms with E-state index in [4.69, 9.17) is 9.72 Å². The van der Waals surface area contributed by atoms with Crippen molar-refractivity contribution in [3.63, 3.8) is 0 Å². The second-order valence-electron chi connectivity index (χ2n) is 5.68. The molecule has 1 aromatic heterocycles. The number of aromatic nitrogens is 2. The van der Waals surface area contributed by atoms with Crippen LogP contribution in [-0.4, -0.2) is 9.55 Å². The Hall–Kier alpha value is -2.07. The minimum Gasteiger partial charge on any atom is -0.485 e. The summed E-state index contributed by atoms with van der Waals surface area (Å²) in [5.41, 5.74) is 4.38. The third kappa shape index (κ3) is 3.48. The number of benzene rings is 2. The minimum atomic E-state index is 0.430. The van der Waals surface area contributed by atoms with Crippen molar-refractivity contribution < 1.29 is 4.74 Å². The average molecular weight is 371 g/mol. The van der Waals surface area contributed by atoms with E-state index in [-0.39, 0.29) is 0 Å². The van der Waals surface area contributed by atoms with E-state index in [2.05, 4.69) is 65.2 Å². The van der Waals surface area contributed by atoms with Gasteiger partial charge in [0.25, 0.3) is 0 Å². The topological polar surface area (TPSA) is 27.1 Å². The molecule has 0 bridgehead atoms. The lowest BCUT2D eigenvalue weighted by Gasteiger charge is -2.12. The first kappa shape index (κ1) is 15.8. The number of rotatable bonds is 5. The molecule has 0 fully saturated rings. The highest BCUT2D eigenvalue weighted by Gasteiger charge is 2.12. The Morgan fingerprint density at radius 1 is 1.22 bits per heavy atom. The molecule has 3 nitrogen and oxygen atoms in total. The van der Waals surface area contributed by atoms with E-state index in [1.54, 1.807) is 0 Å². The van der Waals surface area contributed by atoms with E-state index in [0.717, 1.165) is 32.7 Å². The maximum atomic E-state index is 6.03. The maximum absolute atomic E-state index is 6.03. The van der Waals surface area contributed by atoms with E-state index >= 15 is 0 Å². The average Bonchev–Trinajstić information content (AvgIpc) is 2.86. The number of fused-ring (bicyclic) bond motifs is 1. The second-order valence-corrected chi connectivity index (χ2v) is 6.80. The van der Waals surface area contributed by atoms with E-state index < -0.39 is 0 Å². The molecule has 0 atom stereocenters. The summed E-state index contributed by atoms with van der Waals surface area (Å²) in [5.74, 6) is 1.80. The van der Waals surface area contributed by atoms with Crippen LogP contribution < -0.4 is 4.74 Å². The van der Waals surface area contributed by atoms with E-state index in [1.165, 1.54) is 5.56 Å². The van der Waals surface area contributed by atoms with Crippen LogP contribution in [0.15, 0.2) is 53.5 Å². The summed E-state index contributed by atoms with van der Waals surface area (Å²) in [7, 11) is 0. The first-order chi connectivity index (χ1) is 11.0. The highest BCUT2D eigenvalue weighted by atomic mass is 79.9. The van der Waals surface area contributed by atoms with Gasteiger partial charge < -0.3 is 9.30 Å². The molecular weight excluding hydrogens is 352 g/mol. The first-order valence-corrected chi connectivity index (χ1v) is 8.31. The van der Waals surface area contributed by atoms with Gasteiger partial charge >= 0.3 is 0 Å². The quantitative estimate of drug-likeness (QED) is 0.621. The lowest BCUT2D eigenvalue weighted by Crippen LogP contribution is -2.08. The van der Waals surface area contributed by atoms with Crippen LogP contribution in [0.4, 0.5) is 0 Å². The predicted molar refractivity (Wildman–Crippen MR) is 98.0 cm³/mol. The number of hydrogen-bond donors (Lipinski definition) is 0. The lowest BCUT2D eigenvalue weighted by atomic mass is 10.1. The molecule has 4 heteroatoms. The van der Waals surface area contributed by atoms with Crippen molar-refractivity contribution >= 4 is 27.0 Å². The predicted octanol–water partition coefficient (Wildman–Crippen LogP) is 5.14. The van der Waals surface area contributed by atoms with Crippen LogP contribution in [0.25, 0.3) is 11.0 Å². The molecule has 0 unspecified atom stereocenters. The first-order valence-electron chi connectivity index (χ1n) is 7.52. The zero-order valence-electron chi connectivity index (χ0n) is 13.3. The van der Waals surface area contributed by atoms with Crippen LogP contribution in [0.1, 0.15) is 17.0 Å². The van der Waals surface area contributed by atoms with Crippen LogP contribution in [0.5, 0.6) is 5.75 Å². The van der Waals surface area contributed by atoms with Crippen molar-refractivity contribution in [2.24, 2.45) is 0 Å². The van der Waals surface area contributed by atoms with Crippen LogP contribution in [0.3, 0.4) is 0 Å². The highest BCUT2D eigenvalue weighted by Crippen LogP contribution is 2.23. The summed E-state index contributed by atoms with van der Waals surface area (Å²) in [4.78, 5) is 4.71. The molecule has 118 valence electrons. The van der Waals surface area contributed by atoms with Gasteiger partial charge in [-0.05, 0) is 43.2 Å². The Balaban J connectivity index is 1.92. The lowest BCUT2D eigenvalue weighted by molar-refractivity contribution is 0.289. The SMILES string of the molecule is C=C(Br)Cn1c(COc2cc(C)ccc2C)nc2ccccc21. The fraction of sp³-hybridized carbons (Fsp3) is 0.211. The smallest absolute Gasteiger partial charge is 0.148 e. The van der Waals surface area contributed by atoms with Gasteiger partial charge in [0.2, 0.25) is 0 Å². The van der Waals surface area contributed by atoms with Gasteiger partial charge in [0.1, 0.15) is 18.2 Å². The Kier molecular flexibility index (Phi) is 4.53. The van der Waals surface area contributed by atoms with Gasteiger partial charge in [0, 0.05) is 4.48 Å². The Bertz CT molecular complexity index is 867. The van der Waals surface area contributed by atoms with Gasteiger partial charge in [0.15, 0.2) is 0 Å². The normalized spacial score (nSPS) is 10.9. The summed E-state index contributed by atoms with van der Waals surface area (Å²) in [6, 6.07) is 14.3. The summed E-state index contributed by atoms with van der Waals surface area (Å²) >= 11 is 3.45. The molecule has 0 amide bonds. The molecular formula is C19H19BrN2O. The fourth-order valence-corrected chi connectivity index (χ4v) is 2.84. The number of para-hydroxylation sites is 2. The zero-order valence-corrected chi connectivity index (χ0v) is 14.9. The minimum absolute atomic E-state index is 0.430. The van der Waals surface area contributed by atoms with Gasteiger partial charge in [-0.2, -0.15) is 0 Å². The van der Waals surface area contributed by atoms with Crippen LogP contribution in [0.2, 0.25) is 0 Å².